The lowest BCUT2D eigenvalue weighted by atomic mass is 10.1. The molecule has 0 aliphatic heterocycles. The van der Waals surface area contributed by atoms with Gasteiger partial charge in [0.15, 0.2) is 0 Å². The molecule has 1 aromatic rings. The van der Waals surface area contributed by atoms with E-state index in [1.165, 1.54) is 44.2 Å². The fourth-order valence-corrected chi connectivity index (χ4v) is 3.30. The molecule has 0 bridgehead atoms. The highest BCUT2D eigenvalue weighted by molar-refractivity contribution is 9.08. The Morgan fingerprint density at radius 1 is 1.22 bits per heavy atom. The van der Waals surface area contributed by atoms with Crippen LogP contribution in [0, 0.1) is 5.82 Å². The van der Waals surface area contributed by atoms with Gasteiger partial charge in [-0.15, -0.1) is 0 Å². The minimum atomic E-state index is -0.150. The Kier molecular flexibility index (Phi) is 5.04. The number of rotatable bonds is 3. The summed E-state index contributed by atoms with van der Waals surface area (Å²) >= 11 is 3.46. The van der Waals surface area contributed by atoms with Gasteiger partial charge in [0.2, 0.25) is 0 Å². The van der Waals surface area contributed by atoms with Gasteiger partial charge >= 0.3 is 0 Å². The van der Waals surface area contributed by atoms with Crippen LogP contribution in [0.2, 0.25) is 0 Å². The summed E-state index contributed by atoms with van der Waals surface area (Å²) in [4.78, 5) is 2.35. The average Bonchev–Trinajstić information content (AvgIpc) is 2.66. The number of benzene rings is 1. The fourth-order valence-electron chi connectivity index (χ4n) is 2.85. The number of halogens is 2. The Morgan fingerprint density at radius 2 is 1.89 bits per heavy atom. The number of alkyl halides is 1. The third kappa shape index (κ3) is 3.25. The maximum Gasteiger partial charge on any atom is 0.123 e. The van der Waals surface area contributed by atoms with Crippen molar-refractivity contribution in [1.29, 1.82) is 0 Å². The Hall–Kier alpha value is -0.570. The van der Waals surface area contributed by atoms with Gasteiger partial charge in [-0.25, -0.2) is 4.39 Å². The average molecular weight is 314 g/mol. The largest absolute Gasteiger partial charge is 0.371 e. The van der Waals surface area contributed by atoms with E-state index in [4.69, 9.17) is 0 Å². The summed E-state index contributed by atoms with van der Waals surface area (Å²) in [5.74, 6) is -0.150. The van der Waals surface area contributed by atoms with Crippen molar-refractivity contribution in [1.82, 2.24) is 0 Å². The summed E-state index contributed by atoms with van der Waals surface area (Å²) < 4.78 is 13.3. The van der Waals surface area contributed by atoms with Crippen molar-refractivity contribution in [3.63, 3.8) is 0 Å². The molecule has 1 fully saturated rings. The molecule has 1 aliphatic carbocycles. The standard InChI is InChI=1S/C15H21BrFN/c1-18(14-6-4-2-3-5-7-14)15-9-8-13(17)10-12(15)11-16/h8-10,14H,2-7,11H2,1H3. The maximum absolute atomic E-state index is 13.3. The second-order valence-corrected chi connectivity index (χ2v) is 5.72. The summed E-state index contributed by atoms with van der Waals surface area (Å²) in [7, 11) is 2.15. The topological polar surface area (TPSA) is 3.24 Å². The van der Waals surface area contributed by atoms with Gasteiger partial charge in [0.05, 0.1) is 0 Å². The number of hydrogen-bond donors (Lipinski definition) is 0. The summed E-state index contributed by atoms with van der Waals surface area (Å²) in [6.07, 6.45) is 7.88. The minimum Gasteiger partial charge on any atom is -0.371 e. The van der Waals surface area contributed by atoms with Crippen molar-refractivity contribution in [2.75, 3.05) is 11.9 Å². The first-order valence-electron chi connectivity index (χ1n) is 6.79. The van der Waals surface area contributed by atoms with E-state index in [2.05, 4.69) is 27.9 Å². The van der Waals surface area contributed by atoms with Gasteiger partial charge in [-0.2, -0.15) is 0 Å². The minimum absolute atomic E-state index is 0.150. The number of anilines is 1. The van der Waals surface area contributed by atoms with Crippen molar-refractivity contribution in [3.8, 4) is 0 Å². The second kappa shape index (κ2) is 6.55. The van der Waals surface area contributed by atoms with Gasteiger partial charge in [-0.3, -0.25) is 0 Å². The third-order valence-corrected chi connectivity index (χ3v) is 4.54. The molecule has 2 rings (SSSR count). The Labute approximate surface area is 118 Å². The lowest BCUT2D eigenvalue weighted by Crippen LogP contribution is -2.31. The van der Waals surface area contributed by atoms with Crippen LogP contribution in [0.1, 0.15) is 44.1 Å². The highest BCUT2D eigenvalue weighted by Crippen LogP contribution is 2.29. The van der Waals surface area contributed by atoms with Crippen LogP contribution in [-0.4, -0.2) is 13.1 Å². The Balaban J connectivity index is 2.18. The molecule has 0 saturated heterocycles. The SMILES string of the molecule is CN(c1ccc(F)cc1CBr)C1CCCCCC1. The predicted octanol–water partition coefficient (Wildman–Crippen LogP) is 4.88. The van der Waals surface area contributed by atoms with E-state index >= 15 is 0 Å². The molecule has 0 unspecified atom stereocenters. The van der Waals surface area contributed by atoms with E-state index in [0.717, 1.165) is 5.56 Å². The van der Waals surface area contributed by atoms with Crippen LogP contribution in [0.4, 0.5) is 10.1 Å². The molecule has 0 atom stereocenters. The molecule has 100 valence electrons. The van der Waals surface area contributed by atoms with Crippen LogP contribution in [0.5, 0.6) is 0 Å². The molecule has 0 aromatic heterocycles. The zero-order valence-electron chi connectivity index (χ0n) is 11.0. The molecule has 1 nitrogen and oxygen atoms in total. The van der Waals surface area contributed by atoms with E-state index in [0.29, 0.717) is 11.4 Å². The summed E-state index contributed by atoms with van der Waals surface area (Å²) in [5, 5.41) is 0.706. The normalized spacial score (nSPS) is 17.5. The molecule has 1 saturated carbocycles. The maximum atomic E-state index is 13.3. The zero-order valence-corrected chi connectivity index (χ0v) is 12.5. The van der Waals surface area contributed by atoms with E-state index in [1.54, 1.807) is 12.1 Å². The van der Waals surface area contributed by atoms with E-state index < -0.39 is 0 Å². The third-order valence-electron chi connectivity index (χ3n) is 3.94. The Morgan fingerprint density at radius 3 is 2.50 bits per heavy atom. The van der Waals surface area contributed by atoms with Crippen LogP contribution in [0.3, 0.4) is 0 Å². The van der Waals surface area contributed by atoms with Gasteiger partial charge in [0.1, 0.15) is 5.82 Å². The van der Waals surface area contributed by atoms with Crippen molar-refractivity contribution >= 4 is 21.6 Å². The van der Waals surface area contributed by atoms with E-state index in [1.807, 2.05) is 6.07 Å². The Bertz CT molecular complexity index is 386. The number of nitrogens with zero attached hydrogens (tertiary/aromatic N) is 1. The van der Waals surface area contributed by atoms with Crippen LogP contribution in [-0.2, 0) is 5.33 Å². The van der Waals surface area contributed by atoms with E-state index in [-0.39, 0.29) is 5.82 Å². The summed E-state index contributed by atoms with van der Waals surface area (Å²) in [6, 6.07) is 5.72. The summed E-state index contributed by atoms with van der Waals surface area (Å²) in [6.45, 7) is 0. The zero-order chi connectivity index (χ0) is 13.0. The lowest BCUT2D eigenvalue weighted by Gasteiger charge is -2.31. The molecule has 0 N–H and O–H groups in total. The quantitative estimate of drug-likeness (QED) is 0.568. The van der Waals surface area contributed by atoms with Gasteiger partial charge < -0.3 is 4.90 Å². The predicted molar refractivity (Wildman–Crippen MR) is 78.9 cm³/mol. The second-order valence-electron chi connectivity index (χ2n) is 5.16. The monoisotopic (exact) mass is 313 g/mol. The van der Waals surface area contributed by atoms with Crippen molar-refractivity contribution < 1.29 is 4.39 Å². The molecule has 0 radical (unpaired) electrons. The molecule has 1 aromatic carbocycles. The highest BCUT2D eigenvalue weighted by atomic mass is 79.9. The summed E-state index contributed by atoms with van der Waals surface area (Å²) in [5.41, 5.74) is 2.21. The fraction of sp³-hybridized carbons (Fsp3) is 0.600. The van der Waals surface area contributed by atoms with Gasteiger partial charge in [-0.1, -0.05) is 41.6 Å². The van der Waals surface area contributed by atoms with Crippen LogP contribution >= 0.6 is 15.9 Å². The number of hydrogen-bond acceptors (Lipinski definition) is 1. The molecule has 0 heterocycles. The van der Waals surface area contributed by atoms with Gasteiger partial charge in [0.25, 0.3) is 0 Å². The van der Waals surface area contributed by atoms with Crippen LogP contribution < -0.4 is 4.90 Å². The first-order valence-corrected chi connectivity index (χ1v) is 7.91. The smallest absolute Gasteiger partial charge is 0.123 e. The van der Waals surface area contributed by atoms with Crippen LogP contribution in [0.15, 0.2) is 18.2 Å². The first-order chi connectivity index (χ1) is 8.72. The lowest BCUT2D eigenvalue weighted by molar-refractivity contribution is 0.551. The molecule has 18 heavy (non-hydrogen) atoms. The molecule has 1 aliphatic rings. The van der Waals surface area contributed by atoms with Crippen LogP contribution in [0.25, 0.3) is 0 Å². The molecular weight excluding hydrogens is 293 g/mol. The van der Waals surface area contributed by atoms with Crippen molar-refractivity contribution in [2.45, 2.75) is 49.9 Å². The van der Waals surface area contributed by atoms with Crippen molar-refractivity contribution in [3.05, 3.63) is 29.6 Å². The molecule has 0 spiro atoms. The molecular formula is C15H21BrFN. The van der Waals surface area contributed by atoms with Gasteiger partial charge in [0, 0.05) is 24.1 Å². The molecule has 0 amide bonds. The van der Waals surface area contributed by atoms with Crippen molar-refractivity contribution in [2.24, 2.45) is 0 Å². The van der Waals surface area contributed by atoms with E-state index in [9.17, 15) is 4.39 Å². The highest BCUT2D eigenvalue weighted by Gasteiger charge is 2.19. The molecule has 3 heteroatoms. The first kappa shape index (κ1) is 13.9. The van der Waals surface area contributed by atoms with Gasteiger partial charge in [-0.05, 0) is 36.6 Å².